The maximum Gasteiger partial charge on any atom is 0.422 e. The standard InChI is InChI=1S/C26H27F7N2O4S/c1-15(14-24(2,3)12-9-13-40(37,38)16-10-7-6-8-11-16)35-39-25(4,5)23(36)34-22-20(29)18(27)17(26(31,32)33)19(28)21(22)30/h6-11,13H,12,14H2,1-5H3,(H,34,36)/b13-9+,35-15+. The second-order valence-electron chi connectivity index (χ2n) is 10.2. The van der Waals surface area contributed by atoms with E-state index in [1.807, 2.05) is 13.8 Å². The number of hydrogen-bond donors (Lipinski definition) is 1. The average Bonchev–Trinajstić information content (AvgIpc) is 2.83. The number of oxime groups is 1. The highest BCUT2D eigenvalue weighted by Crippen LogP contribution is 2.38. The number of allylic oxidation sites excluding steroid dienone is 1. The van der Waals surface area contributed by atoms with Crippen molar-refractivity contribution in [2.24, 2.45) is 10.6 Å². The van der Waals surface area contributed by atoms with Gasteiger partial charge in [-0.3, -0.25) is 4.79 Å². The Kier molecular flexibility index (Phi) is 9.83. The Bertz CT molecular complexity index is 1390. The van der Waals surface area contributed by atoms with Crippen LogP contribution >= 0.6 is 0 Å². The zero-order valence-corrected chi connectivity index (χ0v) is 22.9. The number of sulfone groups is 1. The van der Waals surface area contributed by atoms with Crippen molar-refractivity contribution in [1.82, 2.24) is 0 Å². The van der Waals surface area contributed by atoms with E-state index in [0.29, 0.717) is 12.1 Å². The smallest absolute Gasteiger partial charge is 0.380 e. The number of alkyl halides is 3. The third-order valence-electron chi connectivity index (χ3n) is 5.51. The molecule has 1 N–H and O–H groups in total. The second-order valence-corrected chi connectivity index (χ2v) is 12.0. The molecule has 0 saturated carbocycles. The van der Waals surface area contributed by atoms with Crippen LogP contribution in [-0.4, -0.2) is 25.6 Å². The van der Waals surface area contributed by atoms with E-state index in [9.17, 15) is 43.9 Å². The Balaban J connectivity index is 2.11. The van der Waals surface area contributed by atoms with Crippen LogP contribution in [0.15, 0.2) is 51.9 Å². The third-order valence-corrected chi connectivity index (χ3v) is 6.99. The molecule has 0 saturated heterocycles. The molecule has 14 heteroatoms. The first kappa shape index (κ1) is 32.8. The van der Waals surface area contributed by atoms with Crippen molar-refractivity contribution in [3.8, 4) is 0 Å². The zero-order valence-electron chi connectivity index (χ0n) is 22.1. The predicted octanol–water partition coefficient (Wildman–Crippen LogP) is 7.17. The maximum absolute atomic E-state index is 14.1. The molecule has 2 aromatic rings. The molecular weight excluding hydrogens is 569 g/mol. The molecule has 220 valence electrons. The largest absolute Gasteiger partial charge is 0.422 e. The van der Waals surface area contributed by atoms with Crippen molar-refractivity contribution in [2.45, 2.75) is 64.1 Å². The molecule has 0 unspecified atom stereocenters. The molecule has 2 aromatic carbocycles. The minimum absolute atomic E-state index is 0.136. The Morgan fingerprint density at radius 2 is 1.48 bits per heavy atom. The fourth-order valence-corrected chi connectivity index (χ4v) is 4.51. The molecule has 2 rings (SSSR count). The molecular formula is C26H27F7N2O4S. The van der Waals surface area contributed by atoms with E-state index in [0.717, 1.165) is 19.3 Å². The zero-order chi connectivity index (χ0) is 30.7. The Hall–Kier alpha value is -3.42. The van der Waals surface area contributed by atoms with Gasteiger partial charge in [0.05, 0.1) is 10.6 Å². The number of amides is 1. The third kappa shape index (κ3) is 8.05. The van der Waals surface area contributed by atoms with Crippen molar-refractivity contribution in [3.63, 3.8) is 0 Å². The number of hydrogen-bond acceptors (Lipinski definition) is 5. The van der Waals surface area contributed by atoms with Gasteiger partial charge in [-0.05, 0) is 51.2 Å². The van der Waals surface area contributed by atoms with Gasteiger partial charge in [-0.1, -0.05) is 43.3 Å². The molecule has 0 spiro atoms. The molecule has 0 aromatic heterocycles. The first-order valence-corrected chi connectivity index (χ1v) is 13.2. The van der Waals surface area contributed by atoms with Crippen molar-refractivity contribution >= 4 is 27.1 Å². The van der Waals surface area contributed by atoms with E-state index in [1.165, 1.54) is 30.4 Å². The van der Waals surface area contributed by atoms with Crippen molar-refractivity contribution in [1.29, 1.82) is 0 Å². The number of anilines is 1. The summed E-state index contributed by atoms with van der Waals surface area (Å²) in [6, 6.07) is 7.80. The van der Waals surface area contributed by atoms with Crippen molar-refractivity contribution < 1.29 is 48.8 Å². The van der Waals surface area contributed by atoms with Crippen LogP contribution in [0.3, 0.4) is 0 Å². The predicted molar refractivity (Wildman–Crippen MR) is 134 cm³/mol. The summed E-state index contributed by atoms with van der Waals surface area (Å²) in [4.78, 5) is 17.8. The molecule has 0 aliphatic heterocycles. The lowest BCUT2D eigenvalue weighted by Gasteiger charge is -2.25. The molecule has 0 aliphatic rings. The van der Waals surface area contributed by atoms with E-state index >= 15 is 0 Å². The van der Waals surface area contributed by atoms with Gasteiger partial charge in [0.1, 0.15) is 11.3 Å². The van der Waals surface area contributed by atoms with E-state index in [1.54, 1.807) is 18.2 Å². The molecule has 0 bridgehead atoms. The summed E-state index contributed by atoms with van der Waals surface area (Å²) >= 11 is 0. The average molecular weight is 597 g/mol. The van der Waals surface area contributed by atoms with E-state index in [4.69, 9.17) is 4.84 Å². The molecule has 0 atom stereocenters. The fourth-order valence-electron chi connectivity index (χ4n) is 3.47. The summed E-state index contributed by atoms with van der Waals surface area (Å²) in [6.07, 6.45) is -3.69. The Morgan fingerprint density at radius 1 is 0.950 bits per heavy atom. The minimum atomic E-state index is -5.73. The van der Waals surface area contributed by atoms with Gasteiger partial charge in [0.15, 0.2) is 33.1 Å². The lowest BCUT2D eigenvalue weighted by Crippen LogP contribution is -2.39. The fraction of sp³-hybridized carbons (Fsp3) is 0.385. The van der Waals surface area contributed by atoms with Gasteiger partial charge in [-0.15, -0.1) is 0 Å². The van der Waals surface area contributed by atoms with Gasteiger partial charge in [-0.25, -0.2) is 26.0 Å². The number of nitrogens with one attached hydrogen (secondary N) is 1. The van der Waals surface area contributed by atoms with E-state index < -0.39 is 67.5 Å². The molecule has 0 heterocycles. The SMILES string of the molecule is C/C(CC(C)(C)C/C=C/S(=O)(=O)c1ccccc1)=N\OC(C)(C)C(=O)Nc1c(F)c(F)c(C(F)(F)F)c(F)c1F. The van der Waals surface area contributed by atoms with Crippen molar-refractivity contribution in [2.75, 3.05) is 5.32 Å². The van der Waals surface area contributed by atoms with E-state index in [2.05, 4.69) is 5.16 Å². The quantitative estimate of drug-likeness (QED) is 0.137. The maximum atomic E-state index is 14.1. The lowest BCUT2D eigenvalue weighted by atomic mass is 9.84. The van der Waals surface area contributed by atoms with Gasteiger partial charge >= 0.3 is 6.18 Å². The topological polar surface area (TPSA) is 84.8 Å². The van der Waals surface area contributed by atoms with Gasteiger partial charge in [0.2, 0.25) is 5.60 Å². The number of carbonyl (C=O) groups excluding carboxylic acids is 1. The monoisotopic (exact) mass is 596 g/mol. The van der Waals surface area contributed by atoms with Crippen LogP contribution in [0.4, 0.5) is 36.4 Å². The van der Waals surface area contributed by atoms with Gasteiger partial charge in [-0.2, -0.15) is 13.2 Å². The highest BCUT2D eigenvalue weighted by molar-refractivity contribution is 7.94. The number of benzene rings is 2. The van der Waals surface area contributed by atoms with E-state index in [-0.39, 0.29) is 11.3 Å². The van der Waals surface area contributed by atoms with Crippen LogP contribution < -0.4 is 5.32 Å². The van der Waals surface area contributed by atoms with Gasteiger partial charge in [0, 0.05) is 5.41 Å². The van der Waals surface area contributed by atoms with Crippen LogP contribution in [0.25, 0.3) is 0 Å². The highest BCUT2D eigenvalue weighted by Gasteiger charge is 2.43. The minimum Gasteiger partial charge on any atom is -0.380 e. The molecule has 1 amide bonds. The van der Waals surface area contributed by atoms with Crippen LogP contribution in [0.2, 0.25) is 0 Å². The molecule has 6 nitrogen and oxygen atoms in total. The van der Waals surface area contributed by atoms with Gasteiger partial charge in [0.25, 0.3) is 5.91 Å². The number of halogens is 7. The first-order valence-electron chi connectivity index (χ1n) is 11.6. The van der Waals surface area contributed by atoms with Crippen LogP contribution in [0.1, 0.15) is 53.0 Å². The lowest BCUT2D eigenvalue weighted by molar-refractivity contribution is -0.143. The molecule has 40 heavy (non-hydrogen) atoms. The first-order chi connectivity index (χ1) is 18.2. The van der Waals surface area contributed by atoms with Crippen molar-refractivity contribution in [3.05, 3.63) is 70.6 Å². The summed E-state index contributed by atoms with van der Waals surface area (Å²) in [5.41, 5.74) is -6.73. The van der Waals surface area contributed by atoms with Crippen LogP contribution in [0.5, 0.6) is 0 Å². The Morgan fingerprint density at radius 3 is 1.98 bits per heavy atom. The summed E-state index contributed by atoms with van der Waals surface area (Å²) < 4.78 is 119. The summed E-state index contributed by atoms with van der Waals surface area (Å²) in [7, 11) is -3.63. The number of nitrogens with zero attached hydrogens (tertiary/aromatic N) is 1. The highest BCUT2D eigenvalue weighted by atomic mass is 32.2. The second kappa shape index (κ2) is 12.0. The van der Waals surface area contributed by atoms with Crippen LogP contribution in [0, 0.1) is 28.7 Å². The normalized spacial score (nSPS) is 13.6. The molecule has 0 aliphatic carbocycles. The van der Waals surface area contributed by atoms with Gasteiger partial charge < -0.3 is 10.2 Å². The summed E-state index contributed by atoms with van der Waals surface area (Å²) in [5, 5.41) is 6.40. The Labute approximate surface area is 226 Å². The summed E-state index contributed by atoms with van der Waals surface area (Å²) in [5.74, 6) is -11.7. The molecule has 0 fully saturated rings. The van der Waals surface area contributed by atoms with Crippen LogP contribution in [-0.2, 0) is 25.6 Å². The molecule has 0 radical (unpaired) electrons. The number of rotatable bonds is 10. The summed E-state index contributed by atoms with van der Waals surface area (Å²) in [6.45, 7) is 7.33. The number of carbonyl (C=O) groups is 1.